The Morgan fingerprint density at radius 2 is 1.56 bits per heavy atom. The van der Waals surface area contributed by atoms with Crippen molar-refractivity contribution in [2.24, 2.45) is 0 Å². The summed E-state index contributed by atoms with van der Waals surface area (Å²) in [7, 11) is 0. The zero-order valence-corrected chi connectivity index (χ0v) is 19.5. The van der Waals surface area contributed by atoms with Crippen LogP contribution in [-0.4, -0.2) is 0 Å². The van der Waals surface area contributed by atoms with Crippen molar-refractivity contribution in [3.8, 4) is 33.4 Å². The SMILES string of the molecule is C=C(C)/C=C/c1c2c(c3c(c1C1=CC=CCC1)-c1cccc4cccc-3c14)-c1ccccc1C2. The number of fused-ring (bicyclic) bond motifs is 7. The molecule has 0 aromatic heterocycles. The Hall–Kier alpha value is -3.90. The summed E-state index contributed by atoms with van der Waals surface area (Å²) in [6, 6.07) is 22.6. The van der Waals surface area contributed by atoms with Crippen molar-refractivity contribution in [2.45, 2.75) is 26.2 Å². The maximum absolute atomic E-state index is 4.17. The summed E-state index contributed by atoms with van der Waals surface area (Å²) in [6.45, 7) is 6.25. The molecule has 0 saturated carbocycles. The lowest BCUT2D eigenvalue weighted by molar-refractivity contribution is 1.05. The van der Waals surface area contributed by atoms with Crippen molar-refractivity contribution in [3.05, 3.63) is 119 Å². The van der Waals surface area contributed by atoms with E-state index in [0.29, 0.717) is 0 Å². The van der Waals surface area contributed by atoms with Gasteiger partial charge in [0.2, 0.25) is 0 Å². The third-order valence-corrected chi connectivity index (χ3v) is 7.61. The van der Waals surface area contributed by atoms with E-state index in [1.54, 1.807) is 0 Å². The van der Waals surface area contributed by atoms with Crippen LogP contribution in [0.4, 0.5) is 0 Å². The van der Waals surface area contributed by atoms with E-state index in [2.05, 4.69) is 105 Å². The smallest absolute Gasteiger partial charge is 0.000705 e. The molecule has 4 aromatic rings. The van der Waals surface area contributed by atoms with Gasteiger partial charge < -0.3 is 0 Å². The molecule has 3 aliphatic carbocycles. The molecule has 0 heteroatoms. The summed E-state index contributed by atoms with van der Waals surface area (Å²) in [6.07, 6.45) is 14.6. The van der Waals surface area contributed by atoms with Crippen molar-refractivity contribution in [1.82, 2.24) is 0 Å². The van der Waals surface area contributed by atoms with Crippen LogP contribution in [-0.2, 0) is 6.42 Å². The largest absolute Gasteiger partial charge is 0.0961 e. The molecule has 7 rings (SSSR count). The highest BCUT2D eigenvalue weighted by Crippen LogP contribution is 2.58. The topological polar surface area (TPSA) is 0 Å². The number of rotatable bonds is 3. The molecule has 0 fully saturated rings. The normalized spacial score (nSPS) is 14.9. The van der Waals surface area contributed by atoms with Crippen LogP contribution in [0.5, 0.6) is 0 Å². The molecule has 34 heavy (non-hydrogen) atoms. The van der Waals surface area contributed by atoms with Crippen molar-refractivity contribution in [3.63, 3.8) is 0 Å². The fraction of sp³-hybridized carbons (Fsp3) is 0.118. The molecule has 0 saturated heterocycles. The molecule has 0 N–H and O–H groups in total. The van der Waals surface area contributed by atoms with E-state index in [1.165, 1.54) is 72.0 Å². The Morgan fingerprint density at radius 3 is 2.29 bits per heavy atom. The second-order valence-corrected chi connectivity index (χ2v) is 9.77. The van der Waals surface area contributed by atoms with E-state index >= 15 is 0 Å². The first kappa shape index (κ1) is 19.6. The monoisotopic (exact) mass is 434 g/mol. The molecule has 162 valence electrons. The Morgan fingerprint density at radius 1 is 0.824 bits per heavy atom. The van der Waals surface area contributed by atoms with E-state index in [0.717, 1.165) is 24.8 Å². The van der Waals surface area contributed by atoms with Crippen LogP contribution in [0.3, 0.4) is 0 Å². The summed E-state index contributed by atoms with van der Waals surface area (Å²) >= 11 is 0. The Kier molecular flexibility index (Phi) is 4.20. The summed E-state index contributed by atoms with van der Waals surface area (Å²) in [5.41, 5.74) is 16.7. The van der Waals surface area contributed by atoms with E-state index in [-0.39, 0.29) is 0 Å². The molecule has 0 bridgehead atoms. The van der Waals surface area contributed by atoms with Gasteiger partial charge in [0.1, 0.15) is 0 Å². The standard InChI is InChI=1S/C34H26/c1-21(2)18-19-26-29-20-24-12-6-7-15-25(24)32(29)34-28-17-9-14-22-13-8-16-27(30(22)28)33(34)31(26)23-10-4-3-5-11-23/h3-4,6-10,12-19H,1,5,11,20H2,2H3/b19-18+. The van der Waals surface area contributed by atoms with E-state index in [4.69, 9.17) is 0 Å². The first-order valence-electron chi connectivity index (χ1n) is 12.3. The molecule has 0 nitrogen and oxygen atoms in total. The number of hydrogen-bond donors (Lipinski definition) is 0. The molecule has 0 atom stereocenters. The number of allylic oxidation sites excluding steroid dienone is 6. The van der Waals surface area contributed by atoms with Gasteiger partial charge in [-0.25, -0.2) is 0 Å². The highest BCUT2D eigenvalue weighted by Gasteiger charge is 2.35. The third-order valence-electron chi connectivity index (χ3n) is 7.61. The van der Waals surface area contributed by atoms with Crippen LogP contribution in [0, 0.1) is 0 Å². The van der Waals surface area contributed by atoms with E-state index in [9.17, 15) is 0 Å². The van der Waals surface area contributed by atoms with Crippen molar-refractivity contribution < 1.29 is 0 Å². The van der Waals surface area contributed by atoms with Gasteiger partial charge in [0.15, 0.2) is 0 Å². The van der Waals surface area contributed by atoms with Crippen LogP contribution in [0.25, 0.3) is 55.8 Å². The minimum atomic E-state index is 0.983. The van der Waals surface area contributed by atoms with Crippen LogP contribution < -0.4 is 0 Å². The zero-order valence-electron chi connectivity index (χ0n) is 19.5. The number of benzene rings is 4. The minimum Gasteiger partial charge on any atom is -0.0961 e. The van der Waals surface area contributed by atoms with Gasteiger partial charge in [-0.2, -0.15) is 0 Å². The van der Waals surface area contributed by atoms with Crippen LogP contribution >= 0.6 is 0 Å². The molecule has 0 spiro atoms. The molecule has 0 unspecified atom stereocenters. The fourth-order valence-electron chi connectivity index (χ4n) is 6.26. The Bertz CT molecular complexity index is 1630. The Labute approximate surface area is 201 Å². The highest BCUT2D eigenvalue weighted by atomic mass is 14.4. The van der Waals surface area contributed by atoms with Crippen LogP contribution in [0.15, 0.2) is 97.1 Å². The van der Waals surface area contributed by atoms with Gasteiger partial charge in [0.25, 0.3) is 0 Å². The van der Waals surface area contributed by atoms with Gasteiger partial charge >= 0.3 is 0 Å². The lowest BCUT2D eigenvalue weighted by Gasteiger charge is -2.23. The molecular weight excluding hydrogens is 408 g/mol. The van der Waals surface area contributed by atoms with Crippen LogP contribution in [0.2, 0.25) is 0 Å². The maximum Gasteiger partial charge on any atom is -0.000705 e. The highest BCUT2D eigenvalue weighted by molar-refractivity contribution is 6.21. The summed E-state index contributed by atoms with van der Waals surface area (Å²) in [4.78, 5) is 0. The van der Waals surface area contributed by atoms with Gasteiger partial charge in [0, 0.05) is 0 Å². The van der Waals surface area contributed by atoms with E-state index in [1.807, 2.05) is 0 Å². The quantitative estimate of drug-likeness (QED) is 0.243. The lowest BCUT2D eigenvalue weighted by atomic mass is 9.80. The molecule has 4 aromatic carbocycles. The maximum atomic E-state index is 4.17. The molecule has 0 aliphatic heterocycles. The fourth-order valence-corrected chi connectivity index (χ4v) is 6.26. The summed E-state index contributed by atoms with van der Waals surface area (Å²) < 4.78 is 0. The van der Waals surface area contributed by atoms with Gasteiger partial charge in [-0.3, -0.25) is 0 Å². The molecular formula is C34H26. The molecule has 0 heterocycles. The van der Waals surface area contributed by atoms with Crippen molar-refractivity contribution in [2.75, 3.05) is 0 Å². The molecule has 3 aliphatic rings. The average molecular weight is 435 g/mol. The second-order valence-electron chi connectivity index (χ2n) is 9.77. The van der Waals surface area contributed by atoms with Gasteiger partial charge in [-0.1, -0.05) is 103 Å². The predicted octanol–water partition coefficient (Wildman–Crippen LogP) is 9.38. The third kappa shape index (κ3) is 2.66. The predicted molar refractivity (Wildman–Crippen MR) is 147 cm³/mol. The lowest BCUT2D eigenvalue weighted by Crippen LogP contribution is -2.01. The molecule has 0 radical (unpaired) electrons. The van der Waals surface area contributed by atoms with Gasteiger partial charge in [0.05, 0.1) is 0 Å². The minimum absolute atomic E-state index is 0.983. The van der Waals surface area contributed by atoms with Gasteiger partial charge in [-0.15, -0.1) is 0 Å². The first-order valence-corrected chi connectivity index (χ1v) is 12.3. The first-order chi connectivity index (χ1) is 16.7. The van der Waals surface area contributed by atoms with Gasteiger partial charge in [-0.05, 0) is 98.2 Å². The summed E-state index contributed by atoms with van der Waals surface area (Å²) in [5.74, 6) is 0. The second kappa shape index (κ2) is 7.30. The zero-order chi connectivity index (χ0) is 22.8. The average Bonchev–Trinajstić information content (AvgIpc) is 3.40. The number of hydrogen-bond acceptors (Lipinski definition) is 0. The summed E-state index contributed by atoms with van der Waals surface area (Å²) in [5, 5.41) is 2.73. The molecule has 0 amide bonds. The van der Waals surface area contributed by atoms with Crippen molar-refractivity contribution in [1.29, 1.82) is 0 Å². The van der Waals surface area contributed by atoms with E-state index < -0.39 is 0 Å². The van der Waals surface area contributed by atoms with Crippen LogP contribution in [0.1, 0.15) is 42.0 Å². The van der Waals surface area contributed by atoms with Crippen molar-refractivity contribution >= 4 is 22.4 Å². The Balaban J connectivity index is 1.70.